The minimum Gasteiger partial charge on any atom is -0.495 e. The number of hydrogen-bond acceptors (Lipinski definition) is 5. The van der Waals surface area contributed by atoms with Gasteiger partial charge in [-0.05, 0) is 42.5 Å². The monoisotopic (exact) mass is 513 g/mol. The van der Waals surface area contributed by atoms with Crippen LogP contribution in [-0.4, -0.2) is 40.4 Å². The number of nitrogens with zero attached hydrogens (tertiary/aromatic N) is 1. The fraction of sp³-hybridized carbons (Fsp3) is 0.120. The van der Waals surface area contributed by atoms with E-state index in [4.69, 9.17) is 16.3 Å². The third kappa shape index (κ3) is 6.20. The highest BCUT2D eigenvalue weighted by molar-refractivity contribution is 7.92. The first-order valence-corrected chi connectivity index (χ1v) is 12.3. The average Bonchev–Trinajstić information content (AvgIpc) is 2.86. The largest absolute Gasteiger partial charge is 0.495 e. The smallest absolute Gasteiger partial charge is 0.264 e. The zero-order valence-corrected chi connectivity index (χ0v) is 20.5. The second kappa shape index (κ2) is 11.5. The molecule has 182 valence electrons. The van der Waals surface area contributed by atoms with Crippen molar-refractivity contribution in [2.75, 3.05) is 29.8 Å². The lowest BCUT2D eigenvalue weighted by Crippen LogP contribution is -2.38. The molecule has 0 atom stereocenters. The van der Waals surface area contributed by atoms with Crippen LogP contribution < -0.4 is 19.7 Å². The molecular weight excluding hydrogens is 490 g/mol. The number of ether oxygens (including phenoxy) is 1. The Morgan fingerprint density at radius 2 is 1.74 bits per heavy atom. The van der Waals surface area contributed by atoms with Crippen LogP contribution in [0.25, 0.3) is 0 Å². The van der Waals surface area contributed by atoms with Crippen molar-refractivity contribution in [2.24, 2.45) is 0 Å². The van der Waals surface area contributed by atoms with Gasteiger partial charge in [-0.25, -0.2) is 8.42 Å². The second-order valence-electron chi connectivity index (χ2n) is 7.23. The molecule has 0 saturated heterocycles. The summed E-state index contributed by atoms with van der Waals surface area (Å²) in [4.78, 5) is 25.6. The maximum atomic E-state index is 13.6. The van der Waals surface area contributed by atoms with Crippen LogP contribution in [0.2, 0.25) is 5.02 Å². The van der Waals surface area contributed by atoms with E-state index in [-0.39, 0.29) is 39.2 Å². The Morgan fingerprint density at radius 3 is 2.43 bits per heavy atom. The quantitative estimate of drug-likeness (QED) is 0.397. The first-order chi connectivity index (χ1) is 16.8. The molecule has 3 aromatic rings. The minimum atomic E-state index is -4.19. The molecule has 0 radical (unpaired) electrons. The predicted octanol–water partition coefficient (Wildman–Crippen LogP) is 4.10. The standard InChI is InChI=1S/C25H24ClN3O5S/c1-3-15-27-25(31)20-11-7-8-12-21(20)28-24(30)17-29(22-16-18(26)13-14-23(22)34-2)35(32,33)19-9-5-4-6-10-19/h3-14,16H,1,15,17H2,2H3,(H,27,31)(H,28,30). The van der Waals surface area contributed by atoms with Crippen LogP contribution in [0.4, 0.5) is 11.4 Å². The topological polar surface area (TPSA) is 105 Å². The third-order valence-corrected chi connectivity index (χ3v) is 6.89. The predicted molar refractivity (Wildman–Crippen MR) is 137 cm³/mol. The summed E-state index contributed by atoms with van der Waals surface area (Å²) in [6.07, 6.45) is 1.53. The average molecular weight is 514 g/mol. The molecule has 0 spiro atoms. The summed E-state index contributed by atoms with van der Waals surface area (Å²) in [6, 6.07) is 18.6. The molecule has 0 aliphatic rings. The zero-order chi connectivity index (χ0) is 25.4. The van der Waals surface area contributed by atoms with E-state index in [0.29, 0.717) is 0 Å². The van der Waals surface area contributed by atoms with Gasteiger partial charge in [-0.15, -0.1) is 6.58 Å². The fourth-order valence-corrected chi connectivity index (χ4v) is 4.86. The molecule has 0 heterocycles. The third-order valence-electron chi connectivity index (χ3n) is 4.88. The van der Waals surface area contributed by atoms with Gasteiger partial charge < -0.3 is 15.4 Å². The van der Waals surface area contributed by atoms with Crippen LogP contribution in [0.15, 0.2) is 90.3 Å². The Kier molecular flexibility index (Phi) is 8.51. The Balaban J connectivity index is 1.98. The van der Waals surface area contributed by atoms with E-state index in [1.165, 1.54) is 37.5 Å². The van der Waals surface area contributed by atoms with Crippen LogP contribution >= 0.6 is 11.6 Å². The van der Waals surface area contributed by atoms with Gasteiger partial charge in [-0.3, -0.25) is 13.9 Å². The molecule has 0 aliphatic heterocycles. The molecule has 35 heavy (non-hydrogen) atoms. The maximum absolute atomic E-state index is 13.6. The number of methoxy groups -OCH3 is 1. The molecular formula is C25H24ClN3O5S. The zero-order valence-electron chi connectivity index (χ0n) is 18.9. The highest BCUT2D eigenvalue weighted by Gasteiger charge is 2.30. The van der Waals surface area contributed by atoms with Crippen molar-refractivity contribution < 1.29 is 22.7 Å². The summed E-state index contributed by atoms with van der Waals surface area (Å²) in [5.41, 5.74) is 0.547. The Hall–Kier alpha value is -3.82. The molecule has 0 unspecified atom stereocenters. The highest BCUT2D eigenvalue weighted by atomic mass is 35.5. The Bertz CT molecular complexity index is 1330. The Labute approximate surface area is 209 Å². The van der Waals surface area contributed by atoms with Gasteiger partial charge >= 0.3 is 0 Å². The van der Waals surface area contributed by atoms with Gasteiger partial charge in [-0.1, -0.05) is 48.0 Å². The van der Waals surface area contributed by atoms with Crippen molar-refractivity contribution in [1.82, 2.24) is 5.32 Å². The molecule has 10 heteroatoms. The molecule has 0 aliphatic carbocycles. The molecule has 8 nitrogen and oxygen atoms in total. The van der Waals surface area contributed by atoms with Gasteiger partial charge in [0.2, 0.25) is 5.91 Å². The number of benzene rings is 3. The number of halogens is 1. The highest BCUT2D eigenvalue weighted by Crippen LogP contribution is 2.34. The maximum Gasteiger partial charge on any atom is 0.264 e. The molecule has 0 fully saturated rings. The van der Waals surface area contributed by atoms with Gasteiger partial charge in [0.25, 0.3) is 15.9 Å². The second-order valence-corrected chi connectivity index (χ2v) is 9.53. The lowest BCUT2D eigenvalue weighted by atomic mass is 10.1. The van der Waals surface area contributed by atoms with Gasteiger partial charge in [0, 0.05) is 11.6 Å². The number of carbonyl (C=O) groups excluding carboxylic acids is 2. The first-order valence-electron chi connectivity index (χ1n) is 10.5. The summed E-state index contributed by atoms with van der Waals surface area (Å²) < 4.78 is 33.4. The van der Waals surface area contributed by atoms with E-state index in [1.54, 1.807) is 48.5 Å². The number of sulfonamides is 1. The number of carbonyl (C=O) groups is 2. The van der Waals surface area contributed by atoms with Crippen molar-refractivity contribution in [3.05, 3.63) is 96.0 Å². The molecule has 0 bridgehead atoms. The molecule has 3 rings (SSSR count). The van der Waals surface area contributed by atoms with E-state index in [0.717, 1.165) is 4.31 Å². The van der Waals surface area contributed by atoms with E-state index < -0.39 is 28.4 Å². The van der Waals surface area contributed by atoms with Crippen LogP contribution in [0.1, 0.15) is 10.4 Å². The number of nitrogens with one attached hydrogen (secondary N) is 2. The van der Waals surface area contributed by atoms with Crippen LogP contribution in [0.5, 0.6) is 5.75 Å². The van der Waals surface area contributed by atoms with Crippen molar-refractivity contribution in [3.8, 4) is 5.75 Å². The van der Waals surface area contributed by atoms with Crippen molar-refractivity contribution in [3.63, 3.8) is 0 Å². The van der Waals surface area contributed by atoms with E-state index >= 15 is 0 Å². The van der Waals surface area contributed by atoms with Gasteiger partial charge in [0.05, 0.1) is 28.9 Å². The van der Waals surface area contributed by atoms with Gasteiger partial charge in [0.15, 0.2) is 0 Å². The number of para-hydroxylation sites is 1. The summed E-state index contributed by atoms with van der Waals surface area (Å²) >= 11 is 6.15. The molecule has 0 saturated carbocycles. The lowest BCUT2D eigenvalue weighted by Gasteiger charge is -2.26. The van der Waals surface area contributed by atoms with E-state index in [2.05, 4.69) is 17.2 Å². The van der Waals surface area contributed by atoms with Crippen LogP contribution in [0.3, 0.4) is 0 Å². The van der Waals surface area contributed by atoms with Crippen molar-refractivity contribution in [2.45, 2.75) is 4.90 Å². The molecule has 0 aromatic heterocycles. The lowest BCUT2D eigenvalue weighted by molar-refractivity contribution is -0.114. The molecule has 3 aromatic carbocycles. The SMILES string of the molecule is C=CCNC(=O)c1ccccc1NC(=O)CN(c1cc(Cl)ccc1OC)S(=O)(=O)c1ccccc1. The number of amides is 2. The first kappa shape index (κ1) is 25.8. The number of anilines is 2. The van der Waals surface area contributed by atoms with Crippen molar-refractivity contribution >= 4 is 44.8 Å². The molecule has 2 N–H and O–H groups in total. The summed E-state index contributed by atoms with van der Waals surface area (Å²) in [5, 5.41) is 5.55. The molecule has 2 amide bonds. The fourth-order valence-electron chi connectivity index (χ4n) is 3.25. The normalized spacial score (nSPS) is 10.8. The van der Waals surface area contributed by atoms with Crippen LogP contribution in [-0.2, 0) is 14.8 Å². The van der Waals surface area contributed by atoms with E-state index in [1.807, 2.05) is 0 Å². The van der Waals surface area contributed by atoms with Gasteiger partial charge in [0.1, 0.15) is 12.3 Å². The van der Waals surface area contributed by atoms with E-state index in [9.17, 15) is 18.0 Å². The minimum absolute atomic E-state index is 0.0148. The summed E-state index contributed by atoms with van der Waals surface area (Å²) in [7, 11) is -2.80. The van der Waals surface area contributed by atoms with Crippen molar-refractivity contribution in [1.29, 1.82) is 0 Å². The van der Waals surface area contributed by atoms with Crippen LogP contribution in [0, 0.1) is 0 Å². The summed E-state index contributed by atoms with van der Waals surface area (Å²) in [5.74, 6) is -0.868. The number of rotatable bonds is 10. The Morgan fingerprint density at radius 1 is 1.06 bits per heavy atom. The van der Waals surface area contributed by atoms with Gasteiger partial charge in [-0.2, -0.15) is 0 Å². The number of hydrogen-bond donors (Lipinski definition) is 2. The summed E-state index contributed by atoms with van der Waals surface area (Å²) in [6.45, 7) is 3.21.